The lowest BCUT2D eigenvalue weighted by Gasteiger charge is -1.97. The van der Waals surface area contributed by atoms with Crippen molar-refractivity contribution in [2.75, 3.05) is 7.11 Å². The van der Waals surface area contributed by atoms with Crippen LogP contribution >= 0.6 is 0 Å². The van der Waals surface area contributed by atoms with Gasteiger partial charge in [0.1, 0.15) is 5.75 Å². The van der Waals surface area contributed by atoms with Crippen molar-refractivity contribution in [2.45, 2.75) is 0 Å². The SMILES string of the molecule is COc1ccc2[o+]c(-c3ccccc3)ccc2c1. The normalized spacial score (nSPS) is 10.5. The van der Waals surface area contributed by atoms with E-state index >= 15 is 0 Å². The van der Waals surface area contributed by atoms with Crippen molar-refractivity contribution in [3.05, 3.63) is 60.7 Å². The van der Waals surface area contributed by atoms with Gasteiger partial charge >= 0.3 is 11.3 Å². The molecule has 0 bridgehead atoms. The van der Waals surface area contributed by atoms with E-state index in [9.17, 15) is 0 Å². The Labute approximate surface area is 105 Å². The number of hydrogen-bond acceptors (Lipinski definition) is 1. The molecule has 0 saturated heterocycles. The van der Waals surface area contributed by atoms with Crippen LogP contribution in [0.2, 0.25) is 0 Å². The fourth-order valence-corrected chi connectivity index (χ4v) is 1.95. The van der Waals surface area contributed by atoms with Gasteiger partial charge in [0.05, 0.1) is 18.1 Å². The topological polar surface area (TPSA) is 20.5 Å². The molecule has 0 radical (unpaired) electrons. The minimum absolute atomic E-state index is 0.838. The Morgan fingerprint density at radius 1 is 0.889 bits per heavy atom. The van der Waals surface area contributed by atoms with Crippen LogP contribution in [0.15, 0.2) is 65.1 Å². The van der Waals surface area contributed by atoms with Gasteiger partial charge in [0.15, 0.2) is 0 Å². The van der Waals surface area contributed by atoms with Crippen molar-refractivity contribution in [1.29, 1.82) is 0 Å². The third kappa shape index (κ3) is 1.93. The first-order chi connectivity index (χ1) is 8.86. The lowest BCUT2D eigenvalue weighted by Crippen LogP contribution is -1.83. The second-order valence-corrected chi connectivity index (χ2v) is 4.07. The maximum Gasteiger partial charge on any atom is 0.361 e. The molecule has 0 amide bonds. The van der Waals surface area contributed by atoms with Crippen LogP contribution in [0.3, 0.4) is 0 Å². The molecule has 2 heteroatoms. The van der Waals surface area contributed by atoms with E-state index in [4.69, 9.17) is 9.15 Å². The standard InChI is InChI=1S/C16H13O2/c1-17-14-8-10-16-13(11-14)7-9-15(18-16)12-5-3-2-4-6-12/h2-11H,1H3/q+1. The molecular formula is C16H13O2+. The maximum atomic E-state index is 5.89. The molecule has 3 aromatic rings. The Bertz CT molecular complexity index is 675. The van der Waals surface area contributed by atoms with Gasteiger partial charge in [-0.05, 0) is 30.3 Å². The summed E-state index contributed by atoms with van der Waals surface area (Å²) in [4.78, 5) is 0. The van der Waals surface area contributed by atoms with Crippen LogP contribution in [-0.4, -0.2) is 7.11 Å². The molecule has 0 aliphatic rings. The quantitative estimate of drug-likeness (QED) is 0.616. The van der Waals surface area contributed by atoms with Gasteiger partial charge in [-0.3, -0.25) is 0 Å². The fraction of sp³-hybridized carbons (Fsp3) is 0.0625. The van der Waals surface area contributed by atoms with Crippen LogP contribution in [0.1, 0.15) is 0 Å². The molecule has 18 heavy (non-hydrogen) atoms. The smallest absolute Gasteiger partial charge is 0.361 e. The Morgan fingerprint density at radius 2 is 1.72 bits per heavy atom. The minimum atomic E-state index is 0.838. The zero-order chi connectivity index (χ0) is 12.4. The van der Waals surface area contributed by atoms with E-state index in [1.165, 1.54) is 0 Å². The summed E-state index contributed by atoms with van der Waals surface area (Å²) in [5, 5.41) is 1.04. The maximum absolute atomic E-state index is 5.89. The largest absolute Gasteiger partial charge is 0.497 e. The average Bonchev–Trinajstić information content (AvgIpc) is 2.47. The highest BCUT2D eigenvalue weighted by Gasteiger charge is 2.14. The summed E-state index contributed by atoms with van der Waals surface area (Å²) in [5.74, 6) is 1.71. The number of hydrogen-bond donors (Lipinski definition) is 0. The number of rotatable bonds is 2. The van der Waals surface area contributed by atoms with E-state index in [2.05, 4.69) is 0 Å². The second-order valence-electron chi connectivity index (χ2n) is 4.07. The molecule has 0 saturated carbocycles. The lowest BCUT2D eigenvalue weighted by atomic mass is 10.1. The molecule has 0 spiro atoms. The molecule has 0 unspecified atom stereocenters. The van der Waals surface area contributed by atoms with Gasteiger partial charge in [-0.15, -0.1) is 0 Å². The first kappa shape index (κ1) is 10.8. The summed E-state index contributed by atoms with van der Waals surface area (Å²) in [6.07, 6.45) is 0. The summed E-state index contributed by atoms with van der Waals surface area (Å²) in [5.41, 5.74) is 1.94. The van der Waals surface area contributed by atoms with Crippen LogP contribution in [0.25, 0.3) is 22.3 Å². The highest BCUT2D eigenvalue weighted by Crippen LogP contribution is 2.26. The highest BCUT2D eigenvalue weighted by molar-refractivity contribution is 5.80. The fourth-order valence-electron chi connectivity index (χ4n) is 1.95. The molecule has 0 N–H and O–H groups in total. The lowest BCUT2D eigenvalue weighted by molar-refractivity contribution is 0.415. The Kier molecular flexibility index (Phi) is 2.69. The van der Waals surface area contributed by atoms with Crippen molar-refractivity contribution in [1.82, 2.24) is 0 Å². The van der Waals surface area contributed by atoms with Crippen LogP contribution in [0.4, 0.5) is 0 Å². The molecule has 0 aliphatic carbocycles. The van der Waals surface area contributed by atoms with Gasteiger partial charge in [0, 0.05) is 12.1 Å². The second kappa shape index (κ2) is 4.49. The van der Waals surface area contributed by atoms with Gasteiger partial charge in [0.2, 0.25) is 0 Å². The van der Waals surface area contributed by atoms with E-state index in [1.807, 2.05) is 60.7 Å². The highest BCUT2D eigenvalue weighted by atomic mass is 16.5. The zero-order valence-electron chi connectivity index (χ0n) is 10.1. The average molecular weight is 237 g/mol. The third-order valence-electron chi connectivity index (χ3n) is 2.91. The summed E-state index contributed by atoms with van der Waals surface area (Å²) in [7, 11) is 1.66. The van der Waals surface area contributed by atoms with Gasteiger partial charge in [-0.25, -0.2) is 4.42 Å². The molecule has 0 fully saturated rings. The van der Waals surface area contributed by atoms with Crippen molar-refractivity contribution >= 4 is 11.0 Å². The zero-order valence-corrected chi connectivity index (χ0v) is 10.1. The first-order valence-corrected chi connectivity index (χ1v) is 5.83. The molecule has 2 nitrogen and oxygen atoms in total. The predicted octanol–water partition coefficient (Wildman–Crippen LogP) is 4.39. The Morgan fingerprint density at radius 3 is 2.50 bits per heavy atom. The van der Waals surface area contributed by atoms with Crippen LogP contribution in [0, 0.1) is 0 Å². The van der Waals surface area contributed by atoms with Crippen molar-refractivity contribution < 1.29 is 9.15 Å². The van der Waals surface area contributed by atoms with Crippen LogP contribution in [-0.2, 0) is 0 Å². The molecule has 0 aliphatic heterocycles. The van der Waals surface area contributed by atoms with E-state index in [0.29, 0.717) is 0 Å². The predicted molar refractivity (Wildman–Crippen MR) is 72.6 cm³/mol. The first-order valence-electron chi connectivity index (χ1n) is 5.83. The van der Waals surface area contributed by atoms with Gasteiger partial charge in [0.25, 0.3) is 0 Å². The number of benzene rings is 2. The number of methoxy groups -OCH3 is 1. The summed E-state index contributed by atoms with van der Waals surface area (Å²) >= 11 is 0. The van der Waals surface area contributed by atoms with Gasteiger partial charge in [-0.1, -0.05) is 18.2 Å². The van der Waals surface area contributed by atoms with E-state index in [-0.39, 0.29) is 0 Å². The molecule has 2 aromatic carbocycles. The summed E-state index contributed by atoms with van der Waals surface area (Å²) in [6.45, 7) is 0. The van der Waals surface area contributed by atoms with Gasteiger partial charge in [-0.2, -0.15) is 0 Å². The van der Waals surface area contributed by atoms with Crippen molar-refractivity contribution in [2.24, 2.45) is 0 Å². The van der Waals surface area contributed by atoms with Crippen molar-refractivity contribution in [3.63, 3.8) is 0 Å². The molecule has 88 valence electrons. The summed E-state index contributed by atoms with van der Waals surface area (Å²) < 4.78 is 11.1. The number of fused-ring (bicyclic) bond motifs is 1. The Balaban J connectivity index is 2.12. The van der Waals surface area contributed by atoms with Crippen LogP contribution < -0.4 is 4.74 Å². The monoisotopic (exact) mass is 237 g/mol. The minimum Gasteiger partial charge on any atom is -0.497 e. The molecule has 0 atom stereocenters. The van der Waals surface area contributed by atoms with E-state index in [1.54, 1.807) is 7.11 Å². The van der Waals surface area contributed by atoms with E-state index in [0.717, 1.165) is 28.0 Å². The molecule has 1 heterocycles. The van der Waals surface area contributed by atoms with Crippen molar-refractivity contribution in [3.8, 4) is 17.1 Å². The van der Waals surface area contributed by atoms with Gasteiger partial charge < -0.3 is 4.74 Å². The van der Waals surface area contributed by atoms with Crippen LogP contribution in [0.5, 0.6) is 5.75 Å². The number of ether oxygens (including phenoxy) is 1. The molecule has 3 rings (SSSR count). The molecular weight excluding hydrogens is 224 g/mol. The summed E-state index contributed by atoms with van der Waals surface area (Å²) in [6, 6.07) is 19.9. The third-order valence-corrected chi connectivity index (χ3v) is 2.91. The molecule has 1 aromatic heterocycles. The Hall–Kier alpha value is -2.35. The van der Waals surface area contributed by atoms with E-state index < -0.39 is 0 Å².